The number of amides is 2. The monoisotopic (exact) mass is 489 g/mol. The molecule has 2 bridgehead atoms. The van der Waals surface area contributed by atoms with Crippen molar-refractivity contribution in [1.82, 2.24) is 14.5 Å². The van der Waals surface area contributed by atoms with Crippen molar-refractivity contribution in [3.8, 4) is 0 Å². The summed E-state index contributed by atoms with van der Waals surface area (Å²) in [4.78, 5) is 29.8. The Kier molecular flexibility index (Phi) is 5.87. The van der Waals surface area contributed by atoms with E-state index in [0.29, 0.717) is 23.9 Å². The Morgan fingerprint density at radius 3 is 2.45 bits per heavy atom. The Bertz CT molecular complexity index is 1210. The van der Waals surface area contributed by atoms with Crippen LogP contribution in [-0.4, -0.2) is 61.2 Å². The Balaban J connectivity index is 1.28. The molecule has 0 unspecified atom stereocenters. The van der Waals surface area contributed by atoms with Crippen molar-refractivity contribution in [2.24, 2.45) is 5.92 Å². The predicted octanol–water partition coefficient (Wildman–Crippen LogP) is 3.16. The molecule has 7 nitrogen and oxygen atoms in total. The minimum atomic E-state index is -3.90. The number of piperidine rings is 2. The molecule has 33 heavy (non-hydrogen) atoms. The second-order valence-corrected chi connectivity index (χ2v) is 11.6. The van der Waals surface area contributed by atoms with Crippen LogP contribution in [0.4, 0.5) is 0 Å². The van der Waals surface area contributed by atoms with Crippen LogP contribution in [0.1, 0.15) is 39.0 Å². The Morgan fingerprint density at radius 2 is 1.76 bits per heavy atom. The summed E-state index contributed by atoms with van der Waals surface area (Å²) in [6.07, 6.45) is 4.77. The molecule has 3 heterocycles. The average Bonchev–Trinajstić information content (AvgIpc) is 3.17. The zero-order valence-electron chi connectivity index (χ0n) is 18.5. The van der Waals surface area contributed by atoms with Gasteiger partial charge >= 0.3 is 0 Å². The number of carbonyl (C=O) groups excluding carboxylic acids is 2. The van der Waals surface area contributed by atoms with Crippen molar-refractivity contribution in [2.75, 3.05) is 13.1 Å². The van der Waals surface area contributed by atoms with Crippen molar-refractivity contribution in [1.29, 1.82) is 0 Å². The number of rotatable bonds is 5. The number of sulfonamides is 1. The molecule has 2 aromatic carbocycles. The molecule has 6 rings (SSSR count). The van der Waals surface area contributed by atoms with Crippen LogP contribution in [0.3, 0.4) is 0 Å². The highest BCUT2D eigenvalue weighted by molar-refractivity contribution is 7.89. The molecule has 9 heteroatoms. The quantitative estimate of drug-likeness (QED) is 0.699. The van der Waals surface area contributed by atoms with E-state index in [4.69, 9.17) is 11.6 Å². The van der Waals surface area contributed by atoms with E-state index in [2.05, 4.69) is 4.72 Å². The molecule has 4 aliphatic rings. The summed E-state index contributed by atoms with van der Waals surface area (Å²) >= 11 is 6.01. The van der Waals surface area contributed by atoms with E-state index in [1.807, 2.05) is 4.90 Å². The van der Waals surface area contributed by atoms with Crippen LogP contribution in [0.2, 0.25) is 5.02 Å². The number of halogens is 1. The summed E-state index contributed by atoms with van der Waals surface area (Å²) in [5.74, 6) is 0.210. The highest BCUT2D eigenvalue weighted by atomic mass is 35.5. The number of nitrogens with one attached hydrogen (secondary N) is 1. The molecule has 176 valence electrons. The van der Waals surface area contributed by atoms with Crippen LogP contribution in [-0.2, 0) is 19.6 Å². The lowest BCUT2D eigenvalue weighted by Gasteiger charge is -2.46. The SMILES string of the molecule is C[C@@H](C(=O)N1CC2CCC1CC2)N1CC[C@H](NS(=O)(=O)c2ccc3cc(Cl)ccc3c2)C1=O. The van der Waals surface area contributed by atoms with E-state index < -0.39 is 22.1 Å². The lowest BCUT2D eigenvalue weighted by atomic mass is 9.79. The van der Waals surface area contributed by atoms with Gasteiger partial charge in [-0.2, -0.15) is 4.72 Å². The summed E-state index contributed by atoms with van der Waals surface area (Å²) in [5.41, 5.74) is 0. The molecule has 1 saturated carbocycles. The summed E-state index contributed by atoms with van der Waals surface area (Å²) in [7, 11) is -3.90. The number of fused-ring (bicyclic) bond motifs is 4. The minimum Gasteiger partial charge on any atom is -0.338 e. The van der Waals surface area contributed by atoms with Gasteiger partial charge in [-0.3, -0.25) is 9.59 Å². The van der Waals surface area contributed by atoms with Crippen molar-refractivity contribution >= 4 is 44.2 Å². The number of hydrogen-bond donors (Lipinski definition) is 1. The first-order chi connectivity index (χ1) is 15.7. The Labute approximate surface area is 199 Å². The molecule has 2 amide bonds. The third-order valence-electron chi connectivity index (χ3n) is 7.44. The molecule has 2 atom stereocenters. The van der Waals surface area contributed by atoms with Crippen molar-refractivity contribution in [3.63, 3.8) is 0 Å². The molecule has 1 aliphatic carbocycles. The lowest BCUT2D eigenvalue weighted by Crippen LogP contribution is -2.57. The maximum atomic E-state index is 13.2. The van der Waals surface area contributed by atoms with Crippen LogP contribution in [0.5, 0.6) is 0 Å². The second kappa shape index (κ2) is 8.56. The first-order valence-corrected chi connectivity index (χ1v) is 13.4. The number of carbonyl (C=O) groups is 2. The van der Waals surface area contributed by atoms with E-state index in [-0.39, 0.29) is 22.8 Å². The fraction of sp³-hybridized carbons (Fsp3) is 0.500. The van der Waals surface area contributed by atoms with Gasteiger partial charge < -0.3 is 9.80 Å². The van der Waals surface area contributed by atoms with Crippen LogP contribution in [0, 0.1) is 5.92 Å². The van der Waals surface area contributed by atoms with Gasteiger partial charge in [0.25, 0.3) is 0 Å². The average molecular weight is 490 g/mol. The predicted molar refractivity (Wildman–Crippen MR) is 126 cm³/mol. The standard InChI is InChI=1S/C24H28ClN3O4S/c1-15(23(29)28-14-16-2-7-20(28)8-3-16)27-11-10-22(24(27)30)26-33(31,32)21-9-5-17-12-19(25)6-4-18(17)13-21/h4-6,9,12-13,15-16,20,22,26H,2-3,7-8,10-11,14H2,1H3/t15-,16?,20?,22-/m0/s1. The number of nitrogens with zero attached hydrogens (tertiary/aromatic N) is 2. The van der Waals surface area contributed by atoms with Gasteiger partial charge in [-0.1, -0.05) is 23.7 Å². The lowest BCUT2D eigenvalue weighted by molar-refractivity contribution is -0.148. The van der Waals surface area contributed by atoms with Gasteiger partial charge in [-0.25, -0.2) is 8.42 Å². The van der Waals surface area contributed by atoms with E-state index in [1.165, 1.54) is 23.8 Å². The smallest absolute Gasteiger partial charge is 0.245 e. The maximum Gasteiger partial charge on any atom is 0.245 e. The normalized spacial score (nSPS) is 26.2. The molecule has 3 aliphatic heterocycles. The minimum absolute atomic E-state index is 0.0190. The first-order valence-electron chi connectivity index (χ1n) is 11.6. The molecule has 2 aromatic rings. The van der Waals surface area contributed by atoms with Crippen molar-refractivity contribution in [3.05, 3.63) is 41.4 Å². The molecule has 4 fully saturated rings. The first kappa shape index (κ1) is 22.6. The second-order valence-electron chi connectivity index (χ2n) is 9.49. The van der Waals surface area contributed by atoms with Gasteiger partial charge in [0.05, 0.1) is 4.90 Å². The van der Waals surface area contributed by atoms with Gasteiger partial charge in [-0.05, 0) is 80.0 Å². The summed E-state index contributed by atoms with van der Waals surface area (Å²) in [5, 5.41) is 2.16. The topological polar surface area (TPSA) is 86.8 Å². The van der Waals surface area contributed by atoms with Crippen molar-refractivity contribution < 1.29 is 18.0 Å². The van der Waals surface area contributed by atoms with E-state index in [0.717, 1.165) is 30.2 Å². The number of hydrogen-bond acceptors (Lipinski definition) is 4. The van der Waals surface area contributed by atoms with Crippen LogP contribution >= 0.6 is 11.6 Å². The third kappa shape index (κ3) is 4.24. The number of benzene rings is 2. The third-order valence-corrected chi connectivity index (χ3v) is 9.15. The van der Waals surface area contributed by atoms with Gasteiger partial charge in [0, 0.05) is 24.2 Å². The van der Waals surface area contributed by atoms with E-state index in [9.17, 15) is 18.0 Å². The zero-order chi connectivity index (χ0) is 23.3. The van der Waals surface area contributed by atoms with Gasteiger partial charge in [0.1, 0.15) is 12.1 Å². The van der Waals surface area contributed by atoms with E-state index >= 15 is 0 Å². The Hall–Kier alpha value is -2.16. The van der Waals surface area contributed by atoms with Gasteiger partial charge in [0.2, 0.25) is 21.8 Å². The van der Waals surface area contributed by atoms with Crippen molar-refractivity contribution in [2.45, 2.75) is 62.0 Å². The van der Waals surface area contributed by atoms with Gasteiger partial charge in [-0.15, -0.1) is 0 Å². The van der Waals surface area contributed by atoms with Crippen LogP contribution in [0.25, 0.3) is 10.8 Å². The summed E-state index contributed by atoms with van der Waals surface area (Å²) in [6.45, 7) is 2.89. The van der Waals surface area contributed by atoms with Crippen LogP contribution in [0.15, 0.2) is 41.3 Å². The molecule has 0 radical (unpaired) electrons. The molecular weight excluding hydrogens is 462 g/mol. The molecule has 0 aromatic heterocycles. The molecule has 1 N–H and O–H groups in total. The maximum absolute atomic E-state index is 13.2. The van der Waals surface area contributed by atoms with Gasteiger partial charge in [0.15, 0.2) is 0 Å². The summed E-state index contributed by atoms with van der Waals surface area (Å²) in [6, 6.07) is 8.84. The molecular formula is C24H28ClN3O4S. The summed E-state index contributed by atoms with van der Waals surface area (Å²) < 4.78 is 28.6. The number of likely N-dealkylation sites (tertiary alicyclic amines) is 1. The fourth-order valence-electron chi connectivity index (χ4n) is 5.52. The van der Waals surface area contributed by atoms with E-state index in [1.54, 1.807) is 37.3 Å². The molecule has 0 spiro atoms. The van der Waals surface area contributed by atoms with Crippen LogP contribution < -0.4 is 4.72 Å². The zero-order valence-corrected chi connectivity index (χ0v) is 20.1. The highest BCUT2D eigenvalue weighted by Crippen LogP contribution is 2.35. The Morgan fingerprint density at radius 1 is 1.06 bits per heavy atom. The molecule has 3 saturated heterocycles. The highest BCUT2D eigenvalue weighted by Gasteiger charge is 2.43. The largest absolute Gasteiger partial charge is 0.338 e. The fourth-order valence-corrected chi connectivity index (χ4v) is 6.96.